The Balaban J connectivity index is 2.36. The van der Waals surface area contributed by atoms with Gasteiger partial charge in [-0.05, 0) is 19.5 Å². The second kappa shape index (κ2) is 7.08. The van der Waals surface area contributed by atoms with Gasteiger partial charge in [-0.15, -0.1) is 0 Å². The number of carbonyl (C=O) groups is 1. The Labute approximate surface area is 113 Å². The molecule has 0 heterocycles. The van der Waals surface area contributed by atoms with Crippen LogP contribution in [0.25, 0.3) is 0 Å². The minimum absolute atomic E-state index is 0.0375. The summed E-state index contributed by atoms with van der Waals surface area (Å²) in [4.78, 5) is 13.9. The minimum Gasteiger partial charge on any atom is -0.392 e. The maximum Gasteiger partial charge on any atom is 0.234 e. The molecule has 4 nitrogen and oxygen atoms in total. The first-order valence-electron chi connectivity index (χ1n) is 5.81. The van der Waals surface area contributed by atoms with Gasteiger partial charge >= 0.3 is 0 Å². The van der Waals surface area contributed by atoms with Gasteiger partial charge in [-0.1, -0.05) is 42.5 Å². The number of rotatable bonds is 6. The highest BCUT2D eigenvalue weighted by Crippen LogP contribution is 1.98. The van der Waals surface area contributed by atoms with Crippen LogP contribution in [0.4, 0.5) is 0 Å². The maximum atomic E-state index is 11.7. The maximum absolute atomic E-state index is 11.7. The zero-order valence-corrected chi connectivity index (χ0v) is 11.5. The van der Waals surface area contributed by atoms with Gasteiger partial charge in [0.25, 0.3) is 0 Å². The monoisotopic (exact) mass is 265 g/mol. The Hall–Kier alpha value is -1.46. The molecule has 0 bridgehead atoms. The van der Waals surface area contributed by atoms with E-state index in [1.165, 1.54) is 0 Å². The Morgan fingerprint density at radius 1 is 1.44 bits per heavy atom. The van der Waals surface area contributed by atoms with E-state index in [-0.39, 0.29) is 18.5 Å². The summed E-state index contributed by atoms with van der Waals surface area (Å²) in [5.74, 6) is -0.0375. The third-order valence-corrected chi connectivity index (χ3v) is 3.14. The fourth-order valence-corrected chi connectivity index (χ4v) is 1.61. The van der Waals surface area contributed by atoms with Crippen molar-refractivity contribution in [3.8, 4) is 0 Å². The van der Waals surface area contributed by atoms with E-state index in [0.29, 0.717) is 11.5 Å². The first kappa shape index (κ1) is 14.6. The highest BCUT2D eigenvalue weighted by Gasteiger charge is 2.14. The molecule has 1 atom stereocenters. The second-order valence-electron chi connectivity index (χ2n) is 4.26. The summed E-state index contributed by atoms with van der Waals surface area (Å²) >= 11 is 4.89. The number of nitrogens with one attached hydrogen (secondary N) is 1. The first-order valence-corrected chi connectivity index (χ1v) is 6.21. The number of benzene rings is 1. The lowest BCUT2D eigenvalue weighted by molar-refractivity contribution is -0.122. The van der Waals surface area contributed by atoms with Crippen molar-refractivity contribution in [2.24, 2.45) is 5.73 Å². The highest BCUT2D eigenvalue weighted by atomic mass is 32.1. The van der Waals surface area contributed by atoms with Crippen molar-refractivity contribution in [1.82, 2.24) is 10.2 Å². The molecule has 0 saturated carbocycles. The van der Waals surface area contributed by atoms with Gasteiger partial charge in [-0.2, -0.15) is 0 Å². The smallest absolute Gasteiger partial charge is 0.234 e. The van der Waals surface area contributed by atoms with E-state index < -0.39 is 0 Å². The largest absolute Gasteiger partial charge is 0.392 e. The average molecular weight is 265 g/mol. The summed E-state index contributed by atoms with van der Waals surface area (Å²) in [6.07, 6.45) is 0. The van der Waals surface area contributed by atoms with Gasteiger partial charge in [-0.25, -0.2) is 0 Å². The van der Waals surface area contributed by atoms with Gasteiger partial charge in [-0.3, -0.25) is 9.69 Å². The topological polar surface area (TPSA) is 58.4 Å². The van der Waals surface area contributed by atoms with Crippen molar-refractivity contribution >= 4 is 23.1 Å². The number of carbonyl (C=O) groups excluding carboxylic acids is 1. The molecule has 0 fully saturated rings. The standard InChI is InChI=1S/C13H19N3OS/c1-10(13(14)18)16(2)9-12(17)15-8-11-6-4-3-5-7-11/h3-7,10H,8-9H2,1-2H3,(H2,14,18)(H,15,17). The molecule has 0 aliphatic heterocycles. The van der Waals surface area contributed by atoms with Crippen LogP contribution in [0.5, 0.6) is 0 Å². The van der Waals surface area contributed by atoms with Gasteiger partial charge in [0, 0.05) is 6.54 Å². The predicted molar refractivity (Wildman–Crippen MR) is 77.2 cm³/mol. The summed E-state index contributed by atoms with van der Waals surface area (Å²) in [6.45, 7) is 2.70. The lowest BCUT2D eigenvalue weighted by atomic mass is 10.2. The van der Waals surface area contributed by atoms with Crippen molar-refractivity contribution < 1.29 is 4.79 Å². The van der Waals surface area contributed by atoms with E-state index in [1.54, 1.807) is 0 Å². The van der Waals surface area contributed by atoms with Crippen LogP contribution < -0.4 is 11.1 Å². The molecule has 0 aliphatic carbocycles. The SMILES string of the molecule is CC(C(N)=S)N(C)CC(=O)NCc1ccccc1. The van der Waals surface area contributed by atoms with Gasteiger partial charge in [0.1, 0.15) is 0 Å². The summed E-state index contributed by atoms with van der Waals surface area (Å²) < 4.78 is 0. The van der Waals surface area contributed by atoms with E-state index in [1.807, 2.05) is 49.2 Å². The zero-order chi connectivity index (χ0) is 13.5. The first-order chi connectivity index (χ1) is 8.50. The molecule has 0 aromatic heterocycles. The van der Waals surface area contributed by atoms with Crippen LogP contribution in [0.1, 0.15) is 12.5 Å². The summed E-state index contributed by atoms with van der Waals surface area (Å²) in [5, 5.41) is 2.86. The second-order valence-corrected chi connectivity index (χ2v) is 4.73. The molecular formula is C13H19N3OS. The van der Waals surface area contributed by atoms with Gasteiger partial charge in [0.05, 0.1) is 17.6 Å². The van der Waals surface area contributed by atoms with Crippen LogP contribution in [0.2, 0.25) is 0 Å². The molecule has 1 rings (SSSR count). The van der Waals surface area contributed by atoms with Crippen molar-refractivity contribution in [2.75, 3.05) is 13.6 Å². The van der Waals surface area contributed by atoms with Crippen molar-refractivity contribution in [2.45, 2.75) is 19.5 Å². The Morgan fingerprint density at radius 2 is 2.06 bits per heavy atom. The lowest BCUT2D eigenvalue weighted by Crippen LogP contribution is -2.44. The van der Waals surface area contributed by atoms with E-state index in [0.717, 1.165) is 5.56 Å². The molecule has 1 aromatic carbocycles. The summed E-state index contributed by atoms with van der Waals surface area (Å²) in [6, 6.07) is 9.71. The number of thiocarbonyl (C=S) groups is 1. The van der Waals surface area contributed by atoms with E-state index in [4.69, 9.17) is 18.0 Å². The van der Waals surface area contributed by atoms with Crippen LogP contribution >= 0.6 is 12.2 Å². The molecule has 5 heteroatoms. The molecular weight excluding hydrogens is 246 g/mol. The van der Waals surface area contributed by atoms with Gasteiger partial charge in [0.15, 0.2) is 0 Å². The molecule has 3 N–H and O–H groups in total. The van der Waals surface area contributed by atoms with Crippen LogP contribution in [-0.4, -0.2) is 35.4 Å². The normalized spacial score (nSPS) is 12.2. The van der Waals surface area contributed by atoms with Crippen LogP contribution in [0, 0.1) is 0 Å². The number of likely N-dealkylation sites (N-methyl/N-ethyl adjacent to an activating group) is 1. The predicted octanol–water partition coefficient (Wildman–Crippen LogP) is 0.909. The molecule has 0 aliphatic rings. The molecule has 0 spiro atoms. The van der Waals surface area contributed by atoms with Gasteiger partial charge in [0.2, 0.25) is 5.91 Å². The molecule has 1 aromatic rings. The molecule has 0 saturated heterocycles. The quantitative estimate of drug-likeness (QED) is 0.751. The van der Waals surface area contributed by atoms with Crippen LogP contribution in [-0.2, 0) is 11.3 Å². The molecule has 98 valence electrons. The highest BCUT2D eigenvalue weighted by molar-refractivity contribution is 7.80. The lowest BCUT2D eigenvalue weighted by Gasteiger charge is -2.22. The fourth-order valence-electron chi connectivity index (χ4n) is 1.43. The summed E-state index contributed by atoms with van der Waals surface area (Å²) in [5.41, 5.74) is 6.62. The zero-order valence-electron chi connectivity index (χ0n) is 10.7. The summed E-state index contributed by atoms with van der Waals surface area (Å²) in [7, 11) is 1.83. The number of nitrogens with zero attached hydrogens (tertiary/aromatic N) is 1. The Morgan fingerprint density at radius 3 is 2.61 bits per heavy atom. The average Bonchev–Trinajstić information content (AvgIpc) is 2.36. The van der Waals surface area contributed by atoms with Crippen molar-refractivity contribution in [3.05, 3.63) is 35.9 Å². The van der Waals surface area contributed by atoms with Crippen molar-refractivity contribution in [1.29, 1.82) is 0 Å². The third-order valence-electron chi connectivity index (χ3n) is 2.80. The van der Waals surface area contributed by atoms with Crippen molar-refractivity contribution in [3.63, 3.8) is 0 Å². The minimum atomic E-state index is -0.0810. The number of nitrogens with two attached hydrogens (primary N) is 1. The Bertz CT molecular complexity index is 408. The molecule has 0 radical (unpaired) electrons. The van der Waals surface area contributed by atoms with E-state index in [2.05, 4.69) is 5.32 Å². The molecule has 18 heavy (non-hydrogen) atoms. The van der Waals surface area contributed by atoms with Gasteiger partial charge < -0.3 is 11.1 Å². The van der Waals surface area contributed by atoms with E-state index in [9.17, 15) is 4.79 Å². The number of amides is 1. The fraction of sp³-hybridized carbons (Fsp3) is 0.385. The van der Waals surface area contributed by atoms with Crippen LogP contribution in [0.15, 0.2) is 30.3 Å². The Kier molecular flexibility index (Phi) is 5.74. The van der Waals surface area contributed by atoms with Crippen LogP contribution in [0.3, 0.4) is 0 Å². The van der Waals surface area contributed by atoms with E-state index >= 15 is 0 Å². The number of hydrogen-bond acceptors (Lipinski definition) is 3. The molecule has 1 amide bonds. The molecule has 1 unspecified atom stereocenters. The number of hydrogen-bond donors (Lipinski definition) is 2. The third kappa shape index (κ3) is 4.81.